The number of rotatable bonds is 8. The Labute approximate surface area is 106 Å². The van der Waals surface area contributed by atoms with Crippen molar-refractivity contribution in [1.29, 1.82) is 0 Å². The van der Waals surface area contributed by atoms with Crippen molar-refractivity contribution < 1.29 is 9.90 Å². The molecule has 17 heavy (non-hydrogen) atoms. The smallest absolute Gasteiger partial charge is 0.224 e. The fraction of sp³-hybridized carbons (Fsp3) is 0.500. The Bertz CT molecular complexity index is 320. The molecule has 2 N–H and O–H groups in total. The minimum atomic E-state index is 0.0407. The van der Waals surface area contributed by atoms with Crippen molar-refractivity contribution in [2.45, 2.75) is 12.8 Å². The van der Waals surface area contributed by atoms with E-state index in [-0.39, 0.29) is 12.5 Å². The molecule has 1 rings (SSSR count). The van der Waals surface area contributed by atoms with Crippen molar-refractivity contribution in [2.24, 2.45) is 0 Å². The Morgan fingerprint density at radius 3 is 2.82 bits per heavy atom. The van der Waals surface area contributed by atoms with E-state index in [1.807, 2.05) is 12.1 Å². The first-order valence-corrected chi connectivity index (χ1v) is 6.82. The number of thioether (sulfide) groups is 1. The second-order valence-corrected chi connectivity index (χ2v) is 4.80. The lowest BCUT2D eigenvalue weighted by Gasteiger charge is -2.04. The van der Waals surface area contributed by atoms with Crippen molar-refractivity contribution in [3.63, 3.8) is 0 Å². The molecular formula is C12H18N2O2S. The van der Waals surface area contributed by atoms with Gasteiger partial charge in [-0.2, -0.15) is 11.8 Å². The summed E-state index contributed by atoms with van der Waals surface area (Å²) in [7, 11) is 0. The summed E-state index contributed by atoms with van der Waals surface area (Å²) in [5.41, 5.74) is 0.977. The predicted octanol–water partition coefficient (Wildman–Crippen LogP) is 0.856. The highest BCUT2D eigenvalue weighted by Crippen LogP contribution is 2.00. The van der Waals surface area contributed by atoms with Crippen LogP contribution in [0.3, 0.4) is 0 Å². The van der Waals surface area contributed by atoms with E-state index in [1.54, 1.807) is 24.2 Å². The van der Waals surface area contributed by atoms with Gasteiger partial charge in [0, 0.05) is 31.3 Å². The molecule has 4 nitrogen and oxygen atoms in total. The number of aliphatic hydroxyl groups excluding tert-OH is 1. The van der Waals surface area contributed by atoms with Crippen LogP contribution in [0.25, 0.3) is 0 Å². The Hall–Kier alpha value is -1.07. The van der Waals surface area contributed by atoms with Gasteiger partial charge in [-0.3, -0.25) is 9.78 Å². The van der Waals surface area contributed by atoms with Gasteiger partial charge in [-0.1, -0.05) is 0 Å². The highest BCUT2D eigenvalue weighted by atomic mass is 32.2. The summed E-state index contributed by atoms with van der Waals surface area (Å²) in [4.78, 5) is 15.4. The van der Waals surface area contributed by atoms with Gasteiger partial charge < -0.3 is 10.4 Å². The van der Waals surface area contributed by atoms with Crippen LogP contribution in [0.2, 0.25) is 0 Å². The zero-order valence-electron chi connectivity index (χ0n) is 9.76. The molecule has 0 atom stereocenters. The minimum absolute atomic E-state index is 0.0407. The zero-order valence-corrected chi connectivity index (χ0v) is 10.6. The maximum absolute atomic E-state index is 11.5. The Balaban J connectivity index is 2.06. The molecule has 94 valence electrons. The number of amides is 1. The topological polar surface area (TPSA) is 62.2 Å². The molecule has 0 radical (unpaired) electrons. The predicted molar refractivity (Wildman–Crippen MR) is 70.0 cm³/mol. The number of aliphatic hydroxyl groups is 1. The molecule has 0 aliphatic rings. The highest BCUT2D eigenvalue weighted by Gasteiger charge is 2.01. The molecule has 0 fully saturated rings. The van der Waals surface area contributed by atoms with Crippen LogP contribution in [0, 0.1) is 0 Å². The summed E-state index contributed by atoms with van der Waals surface area (Å²) in [6.07, 6.45) is 4.60. The van der Waals surface area contributed by atoms with E-state index in [0.29, 0.717) is 13.0 Å². The quantitative estimate of drug-likeness (QED) is 0.675. The highest BCUT2D eigenvalue weighted by molar-refractivity contribution is 7.99. The average molecular weight is 254 g/mol. The van der Waals surface area contributed by atoms with Gasteiger partial charge in [0.2, 0.25) is 5.91 Å². The summed E-state index contributed by atoms with van der Waals surface area (Å²) >= 11 is 1.74. The maximum atomic E-state index is 11.5. The normalized spacial score (nSPS) is 10.2. The second-order valence-electron chi connectivity index (χ2n) is 3.57. The average Bonchev–Trinajstić information content (AvgIpc) is 2.35. The molecule has 1 heterocycles. The second kappa shape index (κ2) is 9.01. The fourth-order valence-electron chi connectivity index (χ4n) is 1.28. The van der Waals surface area contributed by atoms with Gasteiger partial charge >= 0.3 is 0 Å². The molecule has 5 heteroatoms. The van der Waals surface area contributed by atoms with Crippen LogP contribution in [0.15, 0.2) is 24.5 Å². The van der Waals surface area contributed by atoms with E-state index in [2.05, 4.69) is 10.3 Å². The Morgan fingerprint density at radius 2 is 2.12 bits per heavy atom. The number of aromatic nitrogens is 1. The fourth-order valence-corrected chi connectivity index (χ4v) is 2.06. The molecular weight excluding hydrogens is 236 g/mol. The molecule has 0 unspecified atom stereocenters. The van der Waals surface area contributed by atoms with E-state index in [0.717, 1.165) is 23.5 Å². The first-order valence-electron chi connectivity index (χ1n) is 5.67. The number of nitrogens with zero attached hydrogens (tertiary/aromatic N) is 1. The van der Waals surface area contributed by atoms with Gasteiger partial charge in [0.1, 0.15) is 0 Å². The molecule has 1 amide bonds. The molecule has 1 aromatic rings. The van der Waals surface area contributed by atoms with Crippen molar-refractivity contribution in [3.05, 3.63) is 30.1 Å². The Morgan fingerprint density at radius 1 is 1.35 bits per heavy atom. The summed E-state index contributed by atoms with van der Waals surface area (Å²) in [6, 6.07) is 3.69. The van der Waals surface area contributed by atoms with Crippen LogP contribution >= 0.6 is 11.8 Å². The zero-order chi connectivity index (χ0) is 12.3. The monoisotopic (exact) mass is 254 g/mol. The molecule has 0 spiro atoms. The van der Waals surface area contributed by atoms with Crippen LogP contribution in [0.1, 0.15) is 12.0 Å². The number of nitrogens with one attached hydrogen (secondary N) is 1. The van der Waals surface area contributed by atoms with E-state index in [9.17, 15) is 4.79 Å². The number of hydrogen-bond acceptors (Lipinski definition) is 4. The maximum Gasteiger partial charge on any atom is 0.224 e. The SMILES string of the molecule is O=C(Cc1ccncc1)NCCSCCCO. The molecule has 0 aliphatic carbocycles. The molecule has 0 saturated carbocycles. The van der Waals surface area contributed by atoms with Gasteiger partial charge in [-0.05, 0) is 29.9 Å². The first-order chi connectivity index (χ1) is 8.33. The largest absolute Gasteiger partial charge is 0.396 e. The van der Waals surface area contributed by atoms with E-state index >= 15 is 0 Å². The lowest BCUT2D eigenvalue weighted by atomic mass is 10.2. The third-order valence-corrected chi connectivity index (χ3v) is 3.20. The number of carbonyl (C=O) groups is 1. The molecule has 0 saturated heterocycles. The third kappa shape index (κ3) is 6.97. The van der Waals surface area contributed by atoms with Crippen molar-refractivity contribution in [1.82, 2.24) is 10.3 Å². The summed E-state index contributed by atoms with van der Waals surface area (Å²) in [5, 5.41) is 11.5. The van der Waals surface area contributed by atoms with Crippen LogP contribution in [-0.2, 0) is 11.2 Å². The van der Waals surface area contributed by atoms with E-state index < -0.39 is 0 Å². The number of hydrogen-bond donors (Lipinski definition) is 2. The summed E-state index contributed by atoms with van der Waals surface area (Å²) in [5.74, 6) is 1.87. The van der Waals surface area contributed by atoms with E-state index in [1.165, 1.54) is 0 Å². The molecule has 0 aromatic carbocycles. The first kappa shape index (κ1) is 14.0. The van der Waals surface area contributed by atoms with Crippen LogP contribution in [0.5, 0.6) is 0 Å². The number of pyridine rings is 1. The molecule has 0 bridgehead atoms. The van der Waals surface area contributed by atoms with Gasteiger partial charge in [0.05, 0.1) is 6.42 Å². The number of carbonyl (C=O) groups excluding carboxylic acids is 1. The van der Waals surface area contributed by atoms with Gasteiger partial charge in [-0.25, -0.2) is 0 Å². The van der Waals surface area contributed by atoms with Gasteiger partial charge in [-0.15, -0.1) is 0 Å². The van der Waals surface area contributed by atoms with Crippen molar-refractivity contribution in [2.75, 3.05) is 24.7 Å². The molecule has 1 aromatic heterocycles. The third-order valence-electron chi connectivity index (χ3n) is 2.13. The van der Waals surface area contributed by atoms with Crippen LogP contribution in [0.4, 0.5) is 0 Å². The lowest BCUT2D eigenvalue weighted by Crippen LogP contribution is -2.27. The molecule has 0 aliphatic heterocycles. The van der Waals surface area contributed by atoms with Crippen LogP contribution in [-0.4, -0.2) is 40.7 Å². The van der Waals surface area contributed by atoms with Crippen molar-refractivity contribution in [3.8, 4) is 0 Å². The van der Waals surface area contributed by atoms with Gasteiger partial charge in [0.25, 0.3) is 0 Å². The van der Waals surface area contributed by atoms with Crippen molar-refractivity contribution >= 4 is 17.7 Å². The summed E-state index contributed by atoms with van der Waals surface area (Å²) < 4.78 is 0. The lowest BCUT2D eigenvalue weighted by molar-refractivity contribution is -0.120. The standard InChI is InChI=1S/C12H18N2O2S/c15-7-1-8-17-9-6-14-12(16)10-11-2-4-13-5-3-11/h2-5,15H,1,6-10H2,(H,14,16). The van der Waals surface area contributed by atoms with Crippen LogP contribution < -0.4 is 5.32 Å². The Kier molecular flexibility index (Phi) is 7.42. The summed E-state index contributed by atoms with van der Waals surface area (Å²) in [6.45, 7) is 0.918. The minimum Gasteiger partial charge on any atom is -0.396 e. The van der Waals surface area contributed by atoms with E-state index in [4.69, 9.17) is 5.11 Å². The van der Waals surface area contributed by atoms with Gasteiger partial charge in [0.15, 0.2) is 0 Å².